The molecule has 10 aromatic rings. The molecule has 1 aliphatic rings. The summed E-state index contributed by atoms with van der Waals surface area (Å²) in [7, 11) is 0. The van der Waals surface area contributed by atoms with E-state index in [2.05, 4.69) is 212 Å². The average molecular weight is 758 g/mol. The fourth-order valence-electron chi connectivity index (χ4n) is 8.75. The zero-order chi connectivity index (χ0) is 35.8. The predicted molar refractivity (Wildman–Crippen MR) is 229 cm³/mol. The maximum atomic E-state index is 5.23. The molecule has 3 heterocycles. The van der Waals surface area contributed by atoms with Gasteiger partial charge in [0, 0.05) is 60.4 Å². The number of hydrogen-bond donors (Lipinski definition) is 0. The van der Waals surface area contributed by atoms with Gasteiger partial charge in [0.2, 0.25) is 0 Å². The Bertz CT molecular complexity index is 3050. The normalized spacial score (nSPS) is 14.7. The number of fused-ring (bicyclic) bond motifs is 7. The average Bonchev–Trinajstić information content (AvgIpc) is 3.89. The van der Waals surface area contributed by atoms with Crippen molar-refractivity contribution in [3.8, 4) is 17.1 Å². The summed E-state index contributed by atoms with van der Waals surface area (Å²) in [6.07, 6.45) is 5.72. The first-order valence-electron chi connectivity index (χ1n) is 18.4. The number of hydrogen-bond acceptors (Lipinski definition) is 1. The molecule has 0 bridgehead atoms. The lowest BCUT2D eigenvalue weighted by Crippen LogP contribution is -2.13. The van der Waals surface area contributed by atoms with E-state index in [9.17, 15) is 0 Å². The van der Waals surface area contributed by atoms with Crippen LogP contribution in [-0.4, -0.2) is 18.7 Å². The first kappa shape index (κ1) is 31.1. The number of allylic oxidation sites excluding steroid dienone is 4. The SMILES string of the molecule is Brc1cc(C2=CC(n3c4ccccc4c4ccccc43)CC(n3c4ccccc4c4ccccc43)=C2)cc(-c2nc3ccccc3n2-c2ccccc2)c1. The van der Waals surface area contributed by atoms with E-state index in [1.54, 1.807) is 0 Å². The minimum absolute atomic E-state index is 0.0565. The van der Waals surface area contributed by atoms with E-state index in [-0.39, 0.29) is 6.04 Å². The molecule has 0 radical (unpaired) electrons. The molecule has 54 heavy (non-hydrogen) atoms. The minimum atomic E-state index is 0.0565. The number of rotatable bonds is 5. The Morgan fingerprint density at radius 2 is 1.02 bits per heavy atom. The Morgan fingerprint density at radius 1 is 0.500 bits per heavy atom. The molecule has 7 aromatic carbocycles. The van der Waals surface area contributed by atoms with Crippen molar-refractivity contribution < 1.29 is 0 Å². The van der Waals surface area contributed by atoms with E-state index in [0.717, 1.165) is 44.6 Å². The number of benzene rings is 7. The van der Waals surface area contributed by atoms with E-state index >= 15 is 0 Å². The molecule has 11 rings (SSSR count). The highest BCUT2D eigenvalue weighted by atomic mass is 79.9. The molecule has 3 aromatic heterocycles. The Hall–Kier alpha value is -6.43. The zero-order valence-electron chi connectivity index (χ0n) is 29.3. The molecule has 1 unspecified atom stereocenters. The Balaban J connectivity index is 1.16. The quantitative estimate of drug-likeness (QED) is 0.172. The van der Waals surface area contributed by atoms with Crippen molar-refractivity contribution in [1.82, 2.24) is 18.7 Å². The highest BCUT2D eigenvalue weighted by molar-refractivity contribution is 9.10. The standard InChI is InChI=1S/C49H33BrN4/c50-35-27-32(26-34(28-35)49-51-43-20-8-13-25-48(43)54(49)36-14-2-1-3-15-36)33-29-37(52-44-21-9-4-16-39(44)40-17-5-10-22-45(40)52)31-38(30-33)53-46-23-11-6-18-41(46)42-19-7-12-24-47(42)53/h1-30,37H,31H2. The summed E-state index contributed by atoms with van der Waals surface area (Å²) >= 11 is 3.94. The molecule has 5 heteroatoms. The van der Waals surface area contributed by atoms with Crippen LogP contribution in [0.2, 0.25) is 0 Å². The van der Waals surface area contributed by atoms with Gasteiger partial charge in [-0.3, -0.25) is 4.57 Å². The van der Waals surface area contributed by atoms with Crippen molar-refractivity contribution >= 4 is 81.8 Å². The van der Waals surface area contributed by atoms with Crippen LogP contribution in [0.5, 0.6) is 0 Å². The fraction of sp³-hybridized carbons (Fsp3) is 0.0408. The number of halogens is 1. The summed E-state index contributed by atoms with van der Waals surface area (Å²) in [5.74, 6) is 0.909. The molecule has 1 atom stereocenters. The van der Waals surface area contributed by atoms with E-state index in [1.165, 1.54) is 54.9 Å². The van der Waals surface area contributed by atoms with Crippen LogP contribution in [0, 0.1) is 0 Å². The van der Waals surface area contributed by atoms with E-state index in [1.807, 2.05) is 0 Å². The molecule has 0 spiro atoms. The fourth-order valence-corrected chi connectivity index (χ4v) is 9.25. The lowest BCUT2D eigenvalue weighted by atomic mass is 9.93. The van der Waals surface area contributed by atoms with E-state index in [4.69, 9.17) is 4.98 Å². The van der Waals surface area contributed by atoms with Crippen LogP contribution in [0.15, 0.2) is 186 Å². The summed E-state index contributed by atoms with van der Waals surface area (Å²) in [5, 5.41) is 5.09. The third-order valence-corrected chi connectivity index (χ3v) is 11.5. The van der Waals surface area contributed by atoms with E-state index < -0.39 is 0 Å². The lowest BCUT2D eigenvalue weighted by molar-refractivity contribution is 0.648. The van der Waals surface area contributed by atoms with Crippen molar-refractivity contribution in [2.24, 2.45) is 0 Å². The summed E-state index contributed by atoms with van der Waals surface area (Å²) < 4.78 is 8.33. The maximum Gasteiger partial charge on any atom is 0.145 e. The predicted octanol–water partition coefficient (Wildman–Crippen LogP) is 13.2. The van der Waals surface area contributed by atoms with Gasteiger partial charge >= 0.3 is 0 Å². The first-order chi connectivity index (χ1) is 26.7. The van der Waals surface area contributed by atoms with Crippen molar-refractivity contribution in [2.45, 2.75) is 12.5 Å². The first-order valence-corrected chi connectivity index (χ1v) is 19.2. The molecule has 0 aliphatic heterocycles. The second-order valence-corrected chi connectivity index (χ2v) is 15.0. The minimum Gasteiger partial charge on any atom is -0.333 e. The third-order valence-electron chi connectivity index (χ3n) is 11.0. The van der Waals surface area contributed by atoms with Crippen LogP contribution in [0.3, 0.4) is 0 Å². The van der Waals surface area contributed by atoms with Gasteiger partial charge in [-0.2, -0.15) is 0 Å². The van der Waals surface area contributed by atoms with Crippen LogP contribution in [0.25, 0.3) is 83.0 Å². The highest BCUT2D eigenvalue weighted by Gasteiger charge is 2.26. The zero-order valence-corrected chi connectivity index (χ0v) is 30.9. The van der Waals surface area contributed by atoms with Crippen molar-refractivity contribution in [3.63, 3.8) is 0 Å². The summed E-state index contributed by atoms with van der Waals surface area (Å²) in [4.78, 5) is 5.23. The van der Waals surface area contributed by atoms with Gasteiger partial charge in [0.1, 0.15) is 5.82 Å². The summed E-state index contributed by atoms with van der Waals surface area (Å²) in [5.41, 5.74) is 12.7. The van der Waals surface area contributed by atoms with Crippen LogP contribution >= 0.6 is 15.9 Å². The molecule has 256 valence electrons. The number of para-hydroxylation sites is 7. The Kier molecular flexibility index (Phi) is 7.11. The largest absolute Gasteiger partial charge is 0.333 e. The molecule has 4 nitrogen and oxygen atoms in total. The van der Waals surface area contributed by atoms with Gasteiger partial charge < -0.3 is 9.13 Å². The van der Waals surface area contributed by atoms with Gasteiger partial charge in [-0.25, -0.2) is 4.98 Å². The Labute approximate surface area is 320 Å². The third kappa shape index (κ3) is 4.85. The van der Waals surface area contributed by atoms with Gasteiger partial charge in [0.15, 0.2) is 0 Å². The number of imidazole rings is 1. The summed E-state index contributed by atoms with van der Waals surface area (Å²) in [6, 6.07) is 61.0. The molecule has 0 saturated heterocycles. The van der Waals surface area contributed by atoms with Gasteiger partial charge in [0.05, 0.1) is 28.1 Å². The van der Waals surface area contributed by atoms with Gasteiger partial charge in [-0.1, -0.05) is 125 Å². The van der Waals surface area contributed by atoms with Crippen LogP contribution in [0.1, 0.15) is 18.0 Å². The molecular formula is C49H33BrN4. The van der Waals surface area contributed by atoms with Crippen LogP contribution < -0.4 is 0 Å². The second kappa shape index (κ2) is 12.3. The van der Waals surface area contributed by atoms with E-state index in [0.29, 0.717) is 0 Å². The highest BCUT2D eigenvalue weighted by Crippen LogP contribution is 2.43. The molecule has 0 saturated carbocycles. The maximum absolute atomic E-state index is 5.23. The van der Waals surface area contributed by atoms with Crippen molar-refractivity contribution in [1.29, 1.82) is 0 Å². The number of nitrogens with zero attached hydrogens (tertiary/aromatic N) is 4. The van der Waals surface area contributed by atoms with Crippen molar-refractivity contribution in [3.05, 3.63) is 192 Å². The molecular weight excluding hydrogens is 724 g/mol. The second-order valence-electron chi connectivity index (χ2n) is 14.1. The summed E-state index contributed by atoms with van der Waals surface area (Å²) in [6.45, 7) is 0. The van der Waals surface area contributed by atoms with Gasteiger partial charge in [0.25, 0.3) is 0 Å². The molecule has 0 N–H and O–H groups in total. The van der Waals surface area contributed by atoms with Gasteiger partial charge in [-0.15, -0.1) is 0 Å². The van der Waals surface area contributed by atoms with Crippen molar-refractivity contribution in [2.75, 3.05) is 0 Å². The molecule has 1 aliphatic carbocycles. The molecule has 0 amide bonds. The smallest absolute Gasteiger partial charge is 0.145 e. The van der Waals surface area contributed by atoms with Gasteiger partial charge in [-0.05, 0) is 83.9 Å². The topological polar surface area (TPSA) is 27.7 Å². The van der Waals surface area contributed by atoms with Crippen LogP contribution in [-0.2, 0) is 0 Å². The Morgan fingerprint density at radius 3 is 1.67 bits per heavy atom. The van der Waals surface area contributed by atoms with Crippen LogP contribution in [0.4, 0.5) is 0 Å². The number of aromatic nitrogens is 4. The lowest BCUT2D eigenvalue weighted by Gasteiger charge is -2.27. The monoisotopic (exact) mass is 756 g/mol. The molecule has 0 fully saturated rings.